The fraction of sp³-hybridized carbons (Fsp3) is 0.867. The van der Waals surface area contributed by atoms with Crippen molar-refractivity contribution < 1.29 is 13.2 Å². The zero-order valence-corrected chi connectivity index (χ0v) is 14.6. The molecule has 1 unspecified atom stereocenters. The third-order valence-electron chi connectivity index (χ3n) is 4.25. The van der Waals surface area contributed by atoms with Crippen molar-refractivity contribution in [2.75, 3.05) is 24.6 Å². The number of nitrogens with one attached hydrogen (secondary N) is 3. The highest BCUT2D eigenvalue weighted by Crippen LogP contribution is 2.17. The van der Waals surface area contributed by atoms with Crippen molar-refractivity contribution >= 4 is 21.7 Å². The molecule has 1 atom stereocenters. The zero-order valence-electron chi connectivity index (χ0n) is 13.8. The van der Waals surface area contributed by atoms with Crippen LogP contribution in [0.2, 0.25) is 0 Å². The van der Waals surface area contributed by atoms with Crippen LogP contribution >= 0.6 is 0 Å². The van der Waals surface area contributed by atoms with Gasteiger partial charge in [-0.2, -0.15) is 0 Å². The maximum atomic E-state index is 11.9. The van der Waals surface area contributed by atoms with Gasteiger partial charge in [-0.15, -0.1) is 0 Å². The molecule has 0 aromatic carbocycles. The van der Waals surface area contributed by atoms with Gasteiger partial charge in [0, 0.05) is 25.0 Å². The smallest absolute Gasteiger partial charge is 0.222 e. The van der Waals surface area contributed by atoms with E-state index in [0.29, 0.717) is 37.9 Å². The van der Waals surface area contributed by atoms with E-state index in [1.807, 2.05) is 6.92 Å². The Morgan fingerprint density at radius 1 is 1.13 bits per heavy atom. The van der Waals surface area contributed by atoms with Crippen molar-refractivity contribution in [3.63, 3.8) is 0 Å². The van der Waals surface area contributed by atoms with Crippen molar-refractivity contribution in [1.82, 2.24) is 16.0 Å². The predicted octanol–water partition coefficient (Wildman–Crippen LogP) is 0.178. The van der Waals surface area contributed by atoms with Crippen LogP contribution in [0.3, 0.4) is 0 Å². The molecule has 0 aromatic heterocycles. The standard InChI is InChI=1S/C15H28N4O3S/c1-2-16-15(19-13-8-10-23(21,22)11-13)17-9-7-14(20)18-12-5-3-4-6-12/h12-13H,2-11H2,1H3,(H,18,20)(H2,16,17,19). The first-order valence-electron chi connectivity index (χ1n) is 8.53. The van der Waals surface area contributed by atoms with Gasteiger partial charge in [-0.05, 0) is 26.2 Å². The molecule has 132 valence electrons. The molecule has 0 spiro atoms. The van der Waals surface area contributed by atoms with Gasteiger partial charge in [0.15, 0.2) is 15.8 Å². The molecule has 0 bridgehead atoms. The highest BCUT2D eigenvalue weighted by Gasteiger charge is 2.28. The molecule has 1 heterocycles. The zero-order chi connectivity index (χ0) is 16.7. The van der Waals surface area contributed by atoms with Gasteiger partial charge in [-0.3, -0.25) is 9.79 Å². The molecule has 1 saturated heterocycles. The molecule has 8 heteroatoms. The monoisotopic (exact) mass is 344 g/mol. The minimum Gasteiger partial charge on any atom is -0.357 e. The lowest BCUT2D eigenvalue weighted by atomic mass is 10.2. The number of nitrogens with zero attached hydrogens (tertiary/aromatic N) is 1. The summed E-state index contributed by atoms with van der Waals surface area (Å²) in [5, 5.41) is 9.28. The number of hydrogen-bond donors (Lipinski definition) is 3. The Kier molecular flexibility index (Phi) is 6.68. The third kappa shape index (κ3) is 6.37. The Hall–Kier alpha value is -1.31. The van der Waals surface area contributed by atoms with E-state index in [4.69, 9.17) is 0 Å². The number of hydrogen-bond acceptors (Lipinski definition) is 4. The Morgan fingerprint density at radius 3 is 2.48 bits per heavy atom. The number of carbonyl (C=O) groups is 1. The Bertz CT molecular complexity index is 527. The fourth-order valence-corrected chi connectivity index (χ4v) is 4.73. The third-order valence-corrected chi connectivity index (χ3v) is 6.01. The normalized spacial score (nSPS) is 24.6. The molecule has 7 nitrogen and oxygen atoms in total. The Balaban J connectivity index is 1.75. The van der Waals surface area contributed by atoms with E-state index in [-0.39, 0.29) is 23.5 Å². The van der Waals surface area contributed by atoms with Crippen molar-refractivity contribution in [3.8, 4) is 0 Å². The number of carbonyl (C=O) groups excluding carboxylic acids is 1. The van der Waals surface area contributed by atoms with Crippen LogP contribution in [0.15, 0.2) is 4.99 Å². The second-order valence-corrected chi connectivity index (χ2v) is 8.53. The Labute approximate surface area is 138 Å². The minimum atomic E-state index is -2.91. The summed E-state index contributed by atoms with van der Waals surface area (Å²) >= 11 is 0. The van der Waals surface area contributed by atoms with Crippen LogP contribution in [0.5, 0.6) is 0 Å². The number of guanidine groups is 1. The number of rotatable bonds is 6. The van der Waals surface area contributed by atoms with Crippen molar-refractivity contribution in [2.45, 2.75) is 57.5 Å². The molecule has 1 aliphatic carbocycles. The summed E-state index contributed by atoms with van der Waals surface area (Å²) in [7, 11) is -2.91. The van der Waals surface area contributed by atoms with E-state index in [1.54, 1.807) is 0 Å². The van der Waals surface area contributed by atoms with Gasteiger partial charge in [0.1, 0.15) is 0 Å². The molecule has 1 saturated carbocycles. The second kappa shape index (κ2) is 8.52. The van der Waals surface area contributed by atoms with Gasteiger partial charge in [-0.25, -0.2) is 8.42 Å². The van der Waals surface area contributed by atoms with E-state index >= 15 is 0 Å². The average Bonchev–Trinajstić information content (AvgIpc) is 3.08. The summed E-state index contributed by atoms with van der Waals surface area (Å²) < 4.78 is 23.0. The van der Waals surface area contributed by atoms with Crippen molar-refractivity contribution in [1.29, 1.82) is 0 Å². The highest BCUT2D eigenvalue weighted by atomic mass is 32.2. The highest BCUT2D eigenvalue weighted by molar-refractivity contribution is 7.91. The van der Waals surface area contributed by atoms with Gasteiger partial charge in [0.05, 0.1) is 18.1 Å². The molecule has 0 aromatic rings. The lowest BCUT2D eigenvalue weighted by Gasteiger charge is -2.16. The number of sulfone groups is 1. The molecule has 0 radical (unpaired) electrons. The second-order valence-electron chi connectivity index (χ2n) is 6.30. The quantitative estimate of drug-likeness (QED) is 0.471. The SMILES string of the molecule is CCNC(=NCCC(=O)NC1CCCC1)NC1CCS(=O)(=O)C1. The van der Waals surface area contributed by atoms with E-state index < -0.39 is 9.84 Å². The summed E-state index contributed by atoms with van der Waals surface area (Å²) in [5.74, 6) is 1.01. The predicted molar refractivity (Wildman–Crippen MR) is 91.2 cm³/mol. The van der Waals surface area contributed by atoms with Crippen molar-refractivity contribution in [3.05, 3.63) is 0 Å². The minimum absolute atomic E-state index is 0.0416. The fourth-order valence-electron chi connectivity index (χ4n) is 3.06. The molecule has 1 amide bonds. The summed E-state index contributed by atoms with van der Waals surface area (Å²) in [6.45, 7) is 3.04. The maximum Gasteiger partial charge on any atom is 0.222 e. The topological polar surface area (TPSA) is 99.7 Å². The molecule has 2 aliphatic rings. The van der Waals surface area contributed by atoms with Crippen LogP contribution in [-0.2, 0) is 14.6 Å². The first kappa shape index (κ1) is 18.0. The summed E-state index contributed by atoms with van der Waals surface area (Å²) in [6, 6.07) is 0.242. The van der Waals surface area contributed by atoms with Gasteiger partial charge in [0.25, 0.3) is 0 Å². The van der Waals surface area contributed by atoms with E-state index in [1.165, 1.54) is 12.8 Å². The van der Waals surface area contributed by atoms with Gasteiger partial charge >= 0.3 is 0 Å². The molecule has 2 rings (SSSR count). The van der Waals surface area contributed by atoms with Gasteiger partial charge in [0.2, 0.25) is 5.91 Å². The van der Waals surface area contributed by atoms with Crippen LogP contribution in [0.25, 0.3) is 0 Å². The van der Waals surface area contributed by atoms with Crippen LogP contribution in [-0.4, -0.2) is 57.0 Å². The average molecular weight is 344 g/mol. The lowest BCUT2D eigenvalue weighted by molar-refractivity contribution is -0.121. The van der Waals surface area contributed by atoms with Crippen LogP contribution in [0.1, 0.15) is 45.4 Å². The van der Waals surface area contributed by atoms with E-state index in [9.17, 15) is 13.2 Å². The maximum absolute atomic E-state index is 11.9. The first-order chi connectivity index (χ1) is 11.0. The molecule has 2 fully saturated rings. The number of aliphatic imine (C=N–C) groups is 1. The van der Waals surface area contributed by atoms with Crippen LogP contribution < -0.4 is 16.0 Å². The number of amides is 1. The van der Waals surface area contributed by atoms with Crippen LogP contribution in [0.4, 0.5) is 0 Å². The largest absolute Gasteiger partial charge is 0.357 e. The first-order valence-corrected chi connectivity index (χ1v) is 10.4. The van der Waals surface area contributed by atoms with E-state index in [0.717, 1.165) is 12.8 Å². The van der Waals surface area contributed by atoms with Gasteiger partial charge in [-0.1, -0.05) is 12.8 Å². The summed E-state index contributed by atoms with van der Waals surface area (Å²) in [6.07, 6.45) is 5.51. The molecule has 1 aliphatic heterocycles. The molecule has 3 N–H and O–H groups in total. The molecular formula is C15H28N4O3S. The Morgan fingerprint density at radius 2 is 1.87 bits per heavy atom. The summed E-state index contributed by atoms with van der Waals surface area (Å²) in [5.41, 5.74) is 0. The van der Waals surface area contributed by atoms with Crippen LogP contribution in [0, 0.1) is 0 Å². The van der Waals surface area contributed by atoms with Crippen molar-refractivity contribution in [2.24, 2.45) is 4.99 Å². The molecule has 23 heavy (non-hydrogen) atoms. The van der Waals surface area contributed by atoms with Gasteiger partial charge < -0.3 is 16.0 Å². The molecular weight excluding hydrogens is 316 g/mol. The lowest BCUT2D eigenvalue weighted by Crippen LogP contribution is -2.44. The van der Waals surface area contributed by atoms with E-state index in [2.05, 4.69) is 20.9 Å². The summed E-state index contributed by atoms with van der Waals surface area (Å²) in [4.78, 5) is 16.2.